The summed E-state index contributed by atoms with van der Waals surface area (Å²) in [6.45, 7) is 4.95. The molecule has 0 unspecified atom stereocenters. The van der Waals surface area contributed by atoms with Crippen molar-refractivity contribution >= 4 is 40.2 Å². The average molecular weight is 298 g/mol. The minimum atomic E-state index is -0.826. The van der Waals surface area contributed by atoms with Crippen LogP contribution in [0.4, 0.5) is 0 Å². The van der Waals surface area contributed by atoms with Gasteiger partial charge in [-0.25, -0.2) is 12.2 Å². The summed E-state index contributed by atoms with van der Waals surface area (Å²) in [6, 6.07) is 0. The summed E-state index contributed by atoms with van der Waals surface area (Å²) in [4.78, 5) is -0.445. The third kappa shape index (κ3) is 22.7. The summed E-state index contributed by atoms with van der Waals surface area (Å²) in [5.41, 5.74) is 0. The normalized spacial score (nSPS) is 8.90. The summed E-state index contributed by atoms with van der Waals surface area (Å²) in [5.74, 6) is 0. The van der Waals surface area contributed by atoms with Crippen LogP contribution in [0.5, 0.6) is 0 Å². The van der Waals surface area contributed by atoms with Gasteiger partial charge < -0.3 is 0 Å². The fourth-order valence-corrected chi connectivity index (χ4v) is 0.316. The Labute approximate surface area is 89.8 Å². The molecule has 0 saturated carbocycles. The van der Waals surface area contributed by atoms with Crippen molar-refractivity contribution in [2.24, 2.45) is 0 Å². The van der Waals surface area contributed by atoms with E-state index in [9.17, 15) is 0 Å². The Hall–Kier alpha value is 1.52. The molecule has 0 fully saturated rings. The van der Waals surface area contributed by atoms with Gasteiger partial charge in [0.25, 0.3) is 0 Å². The van der Waals surface area contributed by atoms with Gasteiger partial charge in [0.1, 0.15) is 4.84 Å². The third-order valence-corrected chi connectivity index (χ3v) is 0.659. The molecule has 0 bridgehead atoms. The maximum atomic E-state index is 5.26. The van der Waals surface area contributed by atoms with Gasteiger partial charge in [0.15, 0.2) is 0 Å². The van der Waals surface area contributed by atoms with Crippen LogP contribution in [0.1, 0.15) is 0 Å². The molecular weight excluding hydrogens is 293 g/mol. The number of halogens is 4. The van der Waals surface area contributed by atoms with Crippen molar-refractivity contribution in [1.29, 1.82) is 0 Å². The van der Waals surface area contributed by atoms with E-state index in [1.54, 1.807) is 12.2 Å². The second-order valence-electron chi connectivity index (χ2n) is 0.983. The van der Waals surface area contributed by atoms with E-state index in [-0.39, 0.29) is 0 Å². The number of hydrogen-bond acceptors (Lipinski definition) is 0. The van der Waals surface area contributed by atoms with E-state index in [1.165, 1.54) is 6.08 Å². The first-order chi connectivity index (χ1) is 4.68. The molecule has 0 aromatic heterocycles. The molecular formula is C5H5Cl4Zr-. The van der Waals surface area contributed by atoms with Gasteiger partial charge in [0.2, 0.25) is 0 Å². The van der Waals surface area contributed by atoms with Crippen LogP contribution in [0, 0.1) is 6.58 Å². The first-order valence-electron chi connectivity index (χ1n) is 2.15. The first-order valence-corrected chi connectivity index (χ1v) is 9.35. The summed E-state index contributed by atoms with van der Waals surface area (Å²) in [6.07, 6.45) is 4.53. The second kappa shape index (κ2) is 13.1. The predicted octanol–water partition coefficient (Wildman–Crippen LogP) is 3.71. The van der Waals surface area contributed by atoms with E-state index in [0.717, 1.165) is 0 Å². The molecule has 5 heteroatoms. The van der Waals surface area contributed by atoms with Gasteiger partial charge in [-0.1, -0.05) is 0 Å². The van der Waals surface area contributed by atoms with E-state index in [1.807, 2.05) is 0 Å². The summed E-state index contributed by atoms with van der Waals surface area (Å²) < 4.78 is 0. The van der Waals surface area contributed by atoms with Crippen LogP contribution < -0.4 is 0 Å². The fraction of sp³-hybridized carbons (Fsp3) is 0.200. The summed E-state index contributed by atoms with van der Waals surface area (Å²) in [5, 5.41) is 0. The number of alkyl halides is 2. The summed E-state index contributed by atoms with van der Waals surface area (Å²) in [7, 11) is 9.87. The molecule has 0 aliphatic carbocycles. The topological polar surface area (TPSA) is 0 Å². The van der Waals surface area contributed by atoms with Crippen LogP contribution in [-0.2, 0) is 20.8 Å². The quantitative estimate of drug-likeness (QED) is 0.414. The Kier molecular flexibility index (Phi) is 18.5. The maximum absolute atomic E-state index is 5.26. The number of allylic oxidation sites excluding steroid dienone is 3. The molecule has 58 valence electrons. The molecule has 0 aromatic carbocycles. The Morgan fingerprint density at radius 3 is 1.80 bits per heavy atom. The van der Waals surface area contributed by atoms with Crippen LogP contribution >= 0.6 is 40.2 Å². The zero-order valence-electron chi connectivity index (χ0n) is 4.90. The van der Waals surface area contributed by atoms with E-state index in [0.29, 0.717) is 0 Å². The zero-order valence-corrected chi connectivity index (χ0v) is 10.4. The molecule has 0 aromatic rings. The van der Waals surface area contributed by atoms with E-state index < -0.39 is 25.7 Å². The Morgan fingerprint density at radius 1 is 1.30 bits per heavy atom. The fourth-order valence-electron chi connectivity index (χ4n) is 0.148. The van der Waals surface area contributed by atoms with Gasteiger partial charge in [-0.3, -0.25) is 6.58 Å². The predicted molar refractivity (Wildman–Crippen MR) is 45.2 cm³/mol. The van der Waals surface area contributed by atoms with Gasteiger partial charge in [-0.2, -0.15) is 0 Å². The van der Waals surface area contributed by atoms with Crippen LogP contribution in [-0.4, -0.2) is 4.84 Å². The van der Waals surface area contributed by atoms with Crippen molar-refractivity contribution in [2.45, 2.75) is 4.84 Å². The SMILES string of the molecule is [CH-]=CC=CC(Cl)Cl.[Cl][Zr][Cl]. The van der Waals surface area contributed by atoms with Crippen LogP contribution in [0.25, 0.3) is 0 Å². The monoisotopic (exact) mass is 295 g/mol. The van der Waals surface area contributed by atoms with E-state index >= 15 is 0 Å². The van der Waals surface area contributed by atoms with Gasteiger partial charge in [0, 0.05) is 0 Å². The van der Waals surface area contributed by atoms with Gasteiger partial charge in [0.05, 0.1) is 0 Å². The Balaban J connectivity index is 0. The van der Waals surface area contributed by atoms with Gasteiger partial charge in [-0.05, 0) is 0 Å². The molecule has 0 radical (unpaired) electrons. The molecule has 0 spiro atoms. The van der Waals surface area contributed by atoms with Crippen molar-refractivity contribution in [1.82, 2.24) is 0 Å². The van der Waals surface area contributed by atoms with Crippen LogP contribution in [0.15, 0.2) is 18.2 Å². The van der Waals surface area contributed by atoms with Crippen molar-refractivity contribution in [3.8, 4) is 0 Å². The molecule has 0 saturated heterocycles. The number of rotatable bonds is 2. The number of hydrogen-bond donors (Lipinski definition) is 0. The summed E-state index contributed by atoms with van der Waals surface area (Å²) >= 11 is 9.69. The molecule has 0 rings (SSSR count). The van der Waals surface area contributed by atoms with Gasteiger partial charge >= 0.3 is 37.9 Å². The molecule has 0 atom stereocenters. The zero-order chi connectivity index (χ0) is 8.41. The first kappa shape index (κ1) is 14.1. The van der Waals surface area contributed by atoms with Crippen molar-refractivity contribution in [3.05, 3.63) is 24.8 Å². The molecule has 10 heavy (non-hydrogen) atoms. The molecule has 0 heterocycles. The van der Waals surface area contributed by atoms with E-state index in [4.69, 9.17) is 46.8 Å². The molecule has 0 aliphatic rings. The molecule has 0 N–H and O–H groups in total. The minimum absolute atomic E-state index is 0.445. The Bertz CT molecular complexity index is 91.6. The van der Waals surface area contributed by atoms with Crippen LogP contribution in [0.2, 0.25) is 0 Å². The molecule has 0 nitrogen and oxygen atoms in total. The average Bonchev–Trinajstić information content (AvgIpc) is 1.85. The van der Waals surface area contributed by atoms with E-state index in [2.05, 4.69) is 0 Å². The van der Waals surface area contributed by atoms with Crippen molar-refractivity contribution in [3.63, 3.8) is 0 Å². The van der Waals surface area contributed by atoms with Crippen molar-refractivity contribution < 1.29 is 20.8 Å². The Morgan fingerprint density at radius 2 is 1.70 bits per heavy atom. The second-order valence-corrected chi connectivity index (χ2v) is 5.88. The third-order valence-electron chi connectivity index (χ3n) is 0.368. The molecule has 0 amide bonds. The van der Waals surface area contributed by atoms with Crippen LogP contribution in [0.3, 0.4) is 0 Å². The van der Waals surface area contributed by atoms with Crippen molar-refractivity contribution in [2.75, 3.05) is 0 Å². The van der Waals surface area contributed by atoms with Gasteiger partial charge in [-0.15, -0.1) is 29.3 Å². The molecule has 0 aliphatic heterocycles. The standard InChI is InChI=1S/C5H5Cl2.2ClH.Zr/c1-2-3-4-5(6)7;;;/h1-5H;2*1H;/q-1;;;+2/p-2.